The predicted molar refractivity (Wildman–Crippen MR) is 115 cm³/mol. The van der Waals surface area contributed by atoms with E-state index in [9.17, 15) is 4.79 Å². The third-order valence-electron chi connectivity index (χ3n) is 5.16. The Morgan fingerprint density at radius 1 is 1.03 bits per heavy atom. The van der Waals surface area contributed by atoms with Crippen molar-refractivity contribution in [3.8, 4) is 5.69 Å². The summed E-state index contributed by atoms with van der Waals surface area (Å²) >= 11 is 5.95. The highest BCUT2D eigenvalue weighted by Gasteiger charge is 2.17. The number of carbonyl (C=O) groups excluding carboxylic acids is 1. The molecular formula is C21H23ClN6O. The first-order valence-corrected chi connectivity index (χ1v) is 9.90. The van der Waals surface area contributed by atoms with Gasteiger partial charge in [0.25, 0.3) is 5.91 Å². The molecule has 0 aliphatic carbocycles. The van der Waals surface area contributed by atoms with E-state index in [1.807, 2.05) is 31.2 Å². The van der Waals surface area contributed by atoms with Crippen molar-refractivity contribution in [3.63, 3.8) is 0 Å². The van der Waals surface area contributed by atoms with Crippen molar-refractivity contribution in [2.24, 2.45) is 0 Å². The number of hydrogen-bond donors (Lipinski definition) is 1. The van der Waals surface area contributed by atoms with Gasteiger partial charge in [0, 0.05) is 31.2 Å². The van der Waals surface area contributed by atoms with Gasteiger partial charge in [0.1, 0.15) is 5.82 Å². The molecule has 1 aliphatic rings. The zero-order valence-electron chi connectivity index (χ0n) is 16.5. The largest absolute Gasteiger partial charge is 0.354 e. The molecule has 2 aromatic heterocycles. The van der Waals surface area contributed by atoms with Gasteiger partial charge in [0.05, 0.1) is 35.0 Å². The number of likely N-dealkylation sites (N-methyl/N-ethyl adjacent to an activating group) is 1. The summed E-state index contributed by atoms with van der Waals surface area (Å²) in [7, 11) is 2.13. The van der Waals surface area contributed by atoms with Crippen molar-refractivity contribution in [1.82, 2.24) is 19.7 Å². The Bertz CT molecular complexity index is 991. The number of aromatic nitrogens is 3. The predicted octanol–water partition coefficient (Wildman–Crippen LogP) is 3.23. The standard InChI is InChI=1S/C21H23ClN6O/c1-15-19(14-24-28(15)18-6-3-16(22)4-7-18)21(29)25-17-5-8-20(23-13-17)27-11-9-26(2)10-12-27/h3-8,13-14H,9-12H2,1-2H3,(H,25,29). The average Bonchev–Trinajstić information content (AvgIpc) is 3.11. The van der Waals surface area contributed by atoms with Crippen molar-refractivity contribution in [2.75, 3.05) is 43.4 Å². The summed E-state index contributed by atoms with van der Waals surface area (Å²) in [5, 5.41) is 7.91. The molecule has 0 unspecified atom stereocenters. The van der Waals surface area contributed by atoms with E-state index >= 15 is 0 Å². The number of carbonyl (C=O) groups is 1. The highest BCUT2D eigenvalue weighted by atomic mass is 35.5. The number of amides is 1. The van der Waals surface area contributed by atoms with Crippen molar-refractivity contribution >= 4 is 29.0 Å². The molecule has 0 saturated carbocycles. The molecule has 0 spiro atoms. The van der Waals surface area contributed by atoms with Gasteiger partial charge in [0.15, 0.2) is 0 Å². The molecule has 1 aromatic carbocycles. The Hall–Kier alpha value is -2.90. The molecule has 1 aliphatic heterocycles. The molecule has 7 nitrogen and oxygen atoms in total. The Balaban J connectivity index is 1.45. The molecule has 1 N–H and O–H groups in total. The van der Waals surface area contributed by atoms with E-state index in [1.165, 1.54) is 0 Å². The maximum atomic E-state index is 12.7. The number of halogens is 1. The topological polar surface area (TPSA) is 66.3 Å². The second-order valence-corrected chi connectivity index (χ2v) is 7.62. The van der Waals surface area contributed by atoms with Crippen molar-refractivity contribution in [2.45, 2.75) is 6.92 Å². The zero-order chi connectivity index (χ0) is 20.4. The van der Waals surface area contributed by atoms with Gasteiger partial charge in [0.2, 0.25) is 0 Å². The van der Waals surface area contributed by atoms with Gasteiger partial charge in [-0.25, -0.2) is 9.67 Å². The molecule has 1 saturated heterocycles. The van der Waals surface area contributed by atoms with Crippen molar-refractivity contribution < 1.29 is 4.79 Å². The summed E-state index contributed by atoms with van der Waals surface area (Å²) in [6, 6.07) is 11.2. The first kappa shape index (κ1) is 19.4. The molecule has 0 bridgehead atoms. The van der Waals surface area contributed by atoms with Crippen LogP contribution in [-0.4, -0.2) is 58.8 Å². The number of anilines is 2. The minimum Gasteiger partial charge on any atom is -0.354 e. The summed E-state index contributed by atoms with van der Waals surface area (Å²) in [5.74, 6) is 0.722. The summed E-state index contributed by atoms with van der Waals surface area (Å²) in [6.45, 7) is 5.83. The van der Waals surface area contributed by atoms with E-state index in [2.05, 4.69) is 32.2 Å². The van der Waals surface area contributed by atoms with Gasteiger partial charge in [-0.05, 0) is 50.4 Å². The SMILES string of the molecule is Cc1c(C(=O)Nc2ccc(N3CCN(C)CC3)nc2)cnn1-c1ccc(Cl)cc1. The second-order valence-electron chi connectivity index (χ2n) is 7.18. The quantitative estimate of drug-likeness (QED) is 0.715. The molecule has 150 valence electrons. The number of nitrogens with one attached hydrogen (secondary N) is 1. The van der Waals surface area contributed by atoms with Crippen LogP contribution >= 0.6 is 11.6 Å². The van der Waals surface area contributed by atoms with Gasteiger partial charge < -0.3 is 15.1 Å². The Morgan fingerprint density at radius 3 is 2.41 bits per heavy atom. The lowest BCUT2D eigenvalue weighted by atomic mass is 10.2. The molecule has 3 heterocycles. The van der Waals surface area contributed by atoms with E-state index in [-0.39, 0.29) is 5.91 Å². The van der Waals surface area contributed by atoms with Crippen LogP contribution in [0.25, 0.3) is 5.69 Å². The van der Waals surface area contributed by atoms with E-state index in [4.69, 9.17) is 11.6 Å². The lowest BCUT2D eigenvalue weighted by Gasteiger charge is -2.33. The molecular weight excluding hydrogens is 388 g/mol. The van der Waals surface area contributed by atoms with Crippen LogP contribution in [0.2, 0.25) is 5.02 Å². The van der Waals surface area contributed by atoms with Crippen LogP contribution in [0.15, 0.2) is 48.8 Å². The molecule has 1 fully saturated rings. The third kappa shape index (κ3) is 4.26. The van der Waals surface area contributed by atoms with Crippen LogP contribution in [-0.2, 0) is 0 Å². The fourth-order valence-electron chi connectivity index (χ4n) is 3.36. The molecule has 0 atom stereocenters. The molecule has 4 rings (SSSR count). The maximum Gasteiger partial charge on any atom is 0.259 e. The number of benzene rings is 1. The van der Waals surface area contributed by atoms with Gasteiger partial charge in [-0.1, -0.05) is 11.6 Å². The van der Waals surface area contributed by atoms with E-state index in [0.29, 0.717) is 16.3 Å². The maximum absolute atomic E-state index is 12.7. The molecule has 8 heteroatoms. The summed E-state index contributed by atoms with van der Waals surface area (Å²) < 4.78 is 1.72. The Labute approximate surface area is 174 Å². The zero-order valence-corrected chi connectivity index (χ0v) is 17.2. The number of piperazine rings is 1. The summed E-state index contributed by atoms with van der Waals surface area (Å²) in [5.41, 5.74) is 2.78. The molecule has 0 radical (unpaired) electrons. The van der Waals surface area contributed by atoms with Crippen LogP contribution in [0, 0.1) is 6.92 Å². The first-order chi connectivity index (χ1) is 14.0. The monoisotopic (exact) mass is 410 g/mol. The number of hydrogen-bond acceptors (Lipinski definition) is 5. The lowest BCUT2D eigenvalue weighted by Crippen LogP contribution is -2.44. The minimum absolute atomic E-state index is 0.211. The average molecular weight is 411 g/mol. The minimum atomic E-state index is -0.211. The smallest absolute Gasteiger partial charge is 0.259 e. The van der Waals surface area contributed by atoms with Crippen molar-refractivity contribution in [3.05, 3.63) is 65.1 Å². The Kier molecular flexibility index (Phi) is 5.51. The highest BCUT2D eigenvalue weighted by molar-refractivity contribution is 6.30. The fourth-order valence-corrected chi connectivity index (χ4v) is 3.48. The fraction of sp³-hybridized carbons (Fsp3) is 0.286. The number of pyridine rings is 1. The van der Waals surface area contributed by atoms with Crippen LogP contribution in [0.5, 0.6) is 0 Å². The number of rotatable bonds is 4. The van der Waals surface area contributed by atoms with Gasteiger partial charge in [-0.2, -0.15) is 5.10 Å². The van der Waals surface area contributed by atoms with Gasteiger partial charge in [-0.3, -0.25) is 4.79 Å². The Morgan fingerprint density at radius 2 is 1.76 bits per heavy atom. The summed E-state index contributed by atoms with van der Waals surface area (Å²) in [4.78, 5) is 21.8. The first-order valence-electron chi connectivity index (χ1n) is 9.53. The van der Waals surface area contributed by atoms with Crippen molar-refractivity contribution in [1.29, 1.82) is 0 Å². The molecule has 29 heavy (non-hydrogen) atoms. The lowest BCUT2D eigenvalue weighted by molar-refractivity contribution is 0.102. The number of nitrogens with zero attached hydrogens (tertiary/aromatic N) is 5. The molecule has 1 amide bonds. The third-order valence-corrected chi connectivity index (χ3v) is 5.41. The van der Waals surface area contributed by atoms with Crippen LogP contribution in [0.1, 0.15) is 16.1 Å². The highest BCUT2D eigenvalue weighted by Crippen LogP contribution is 2.19. The van der Waals surface area contributed by atoms with E-state index in [0.717, 1.165) is 43.4 Å². The van der Waals surface area contributed by atoms with Gasteiger partial charge in [-0.15, -0.1) is 0 Å². The van der Waals surface area contributed by atoms with Gasteiger partial charge >= 0.3 is 0 Å². The summed E-state index contributed by atoms with van der Waals surface area (Å²) in [6.07, 6.45) is 3.27. The van der Waals surface area contributed by atoms with E-state index < -0.39 is 0 Å². The normalized spacial score (nSPS) is 14.8. The van der Waals surface area contributed by atoms with Crippen LogP contribution < -0.4 is 10.2 Å². The second kappa shape index (κ2) is 8.23. The van der Waals surface area contributed by atoms with E-state index in [1.54, 1.807) is 29.2 Å². The van der Waals surface area contributed by atoms with Crippen LogP contribution in [0.4, 0.5) is 11.5 Å². The van der Waals surface area contributed by atoms with Crippen LogP contribution in [0.3, 0.4) is 0 Å². The molecule has 3 aromatic rings.